The standard InChI is InChI=1S/C11H11NO4/c1-15-10(13)8-2-4-9(5-3-8)12-6-7-16-11(12)14/h2-5H,6-7H2,1H3. The fraction of sp³-hybridized carbons (Fsp3) is 0.273. The van der Waals surface area contributed by atoms with Crippen LogP contribution >= 0.6 is 0 Å². The van der Waals surface area contributed by atoms with E-state index in [1.165, 1.54) is 12.0 Å². The number of ether oxygens (including phenoxy) is 2. The number of hydrogen-bond donors (Lipinski definition) is 0. The summed E-state index contributed by atoms with van der Waals surface area (Å²) < 4.78 is 9.39. The predicted octanol–water partition coefficient (Wildman–Crippen LogP) is 1.43. The zero-order valence-electron chi connectivity index (χ0n) is 8.80. The Morgan fingerprint density at radius 2 is 2.06 bits per heavy atom. The van der Waals surface area contributed by atoms with Gasteiger partial charge >= 0.3 is 12.1 Å². The van der Waals surface area contributed by atoms with E-state index >= 15 is 0 Å². The minimum atomic E-state index is -0.393. The van der Waals surface area contributed by atoms with E-state index < -0.39 is 5.97 Å². The number of nitrogens with zero attached hydrogens (tertiary/aromatic N) is 1. The second kappa shape index (κ2) is 4.22. The van der Waals surface area contributed by atoms with E-state index in [2.05, 4.69) is 4.74 Å². The van der Waals surface area contributed by atoms with Crippen LogP contribution in [0.5, 0.6) is 0 Å². The molecule has 1 aliphatic rings. The number of carbonyl (C=O) groups excluding carboxylic acids is 2. The maximum atomic E-state index is 11.3. The summed E-state index contributed by atoms with van der Waals surface area (Å²) >= 11 is 0. The molecule has 16 heavy (non-hydrogen) atoms. The maximum absolute atomic E-state index is 11.3. The Bertz CT molecular complexity index is 412. The molecule has 0 unspecified atom stereocenters. The minimum absolute atomic E-state index is 0.356. The number of anilines is 1. The lowest BCUT2D eigenvalue weighted by molar-refractivity contribution is 0.0600. The highest BCUT2D eigenvalue weighted by atomic mass is 16.6. The molecule has 0 N–H and O–H groups in total. The number of benzene rings is 1. The molecule has 5 nitrogen and oxygen atoms in total. The molecular weight excluding hydrogens is 210 g/mol. The zero-order valence-corrected chi connectivity index (χ0v) is 8.80. The van der Waals surface area contributed by atoms with Gasteiger partial charge in [-0.05, 0) is 24.3 Å². The lowest BCUT2D eigenvalue weighted by atomic mass is 10.2. The Morgan fingerprint density at radius 3 is 2.56 bits per heavy atom. The van der Waals surface area contributed by atoms with Gasteiger partial charge in [-0.2, -0.15) is 0 Å². The number of carbonyl (C=O) groups is 2. The van der Waals surface area contributed by atoms with Gasteiger partial charge < -0.3 is 9.47 Å². The summed E-state index contributed by atoms with van der Waals surface area (Å²) in [7, 11) is 1.33. The molecule has 0 spiro atoms. The van der Waals surface area contributed by atoms with Gasteiger partial charge in [0.05, 0.1) is 19.2 Å². The van der Waals surface area contributed by atoms with Crippen LogP contribution in [-0.2, 0) is 9.47 Å². The molecule has 0 saturated carbocycles. The highest BCUT2D eigenvalue weighted by Crippen LogP contribution is 2.19. The Kier molecular flexibility index (Phi) is 2.76. The van der Waals surface area contributed by atoms with Gasteiger partial charge in [-0.25, -0.2) is 9.59 Å². The van der Waals surface area contributed by atoms with E-state index in [0.717, 1.165) is 5.69 Å². The summed E-state index contributed by atoms with van der Waals surface area (Å²) in [6.45, 7) is 0.938. The highest BCUT2D eigenvalue weighted by Gasteiger charge is 2.23. The molecule has 5 heteroatoms. The smallest absolute Gasteiger partial charge is 0.414 e. The van der Waals surface area contributed by atoms with E-state index in [0.29, 0.717) is 18.7 Å². The van der Waals surface area contributed by atoms with Crippen molar-refractivity contribution in [3.05, 3.63) is 29.8 Å². The molecule has 2 rings (SSSR count). The van der Waals surface area contributed by atoms with Crippen molar-refractivity contribution in [2.75, 3.05) is 25.2 Å². The van der Waals surface area contributed by atoms with Gasteiger partial charge in [0.2, 0.25) is 0 Å². The Balaban J connectivity index is 2.19. The molecule has 1 aliphatic heterocycles. The first-order valence-electron chi connectivity index (χ1n) is 4.85. The second-order valence-electron chi connectivity index (χ2n) is 3.30. The van der Waals surface area contributed by atoms with E-state index in [9.17, 15) is 9.59 Å². The molecule has 1 fully saturated rings. The number of cyclic esters (lactones) is 1. The van der Waals surface area contributed by atoms with Gasteiger partial charge in [0, 0.05) is 5.69 Å². The summed E-state index contributed by atoms with van der Waals surface area (Å²) in [5, 5.41) is 0. The molecular formula is C11H11NO4. The van der Waals surface area contributed by atoms with Crippen LogP contribution in [0, 0.1) is 0 Å². The van der Waals surface area contributed by atoms with Gasteiger partial charge in [-0.1, -0.05) is 0 Å². The number of amides is 1. The van der Waals surface area contributed by atoms with Gasteiger partial charge in [0.1, 0.15) is 6.61 Å². The average molecular weight is 221 g/mol. The molecule has 0 aromatic heterocycles. The Hall–Kier alpha value is -2.04. The normalized spacial score (nSPS) is 14.8. The first-order valence-corrected chi connectivity index (χ1v) is 4.85. The fourth-order valence-corrected chi connectivity index (χ4v) is 1.52. The minimum Gasteiger partial charge on any atom is -0.465 e. The zero-order chi connectivity index (χ0) is 11.5. The Labute approximate surface area is 92.6 Å². The van der Waals surface area contributed by atoms with Crippen molar-refractivity contribution in [2.24, 2.45) is 0 Å². The molecule has 84 valence electrons. The summed E-state index contributed by atoms with van der Waals surface area (Å²) in [6, 6.07) is 6.62. The van der Waals surface area contributed by atoms with E-state index in [1.54, 1.807) is 24.3 Å². The largest absolute Gasteiger partial charge is 0.465 e. The van der Waals surface area contributed by atoms with Crippen LogP contribution < -0.4 is 4.90 Å². The summed E-state index contributed by atoms with van der Waals surface area (Å²) in [4.78, 5) is 24.0. The molecule has 1 aromatic carbocycles. The first kappa shape index (κ1) is 10.5. The third-order valence-electron chi connectivity index (χ3n) is 2.36. The van der Waals surface area contributed by atoms with Crippen molar-refractivity contribution in [1.29, 1.82) is 0 Å². The van der Waals surface area contributed by atoms with Crippen LogP contribution in [0.15, 0.2) is 24.3 Å². The molecule has 0 radical (unpaired) electrons. The quantitative estimate of drug-likeness (QED) is 0.709. The number of methoxy groups -OCH3 is 1. The van der Waals surface area contributed by atoms with E-state index in [4.69, 9.17) is 4.74 Å². The van der Waals surface area contributed by atoms with Gasteiger partial charge in [0.25, 0.3) is 0 Å². The van der Waals surface area contributed by atoms with Crippen LogP contribution in [-0.4, -0.2) is 32.3 Å². The molecule has 1 saturated heterocycles. The van der Waals surface area contributed by atoms with E-state index in [1.807, 2.05) is 0 Å². The Morgan fingerprint density at radius 1 is 1.38 bits per heavy atom. The fourth-order valence-electron chi connectivity index (χ4n) is 1.52. The maximum Gasteiger partial charge on any atom is 0.414 e. The molecule has 0 bridgehead atoms. The second-order valence-corrected chi connectivity index (χ2v) is 3.30. The molecule has 1 amide bonds. The lowest BCUT2D eigenvalue weighted by Crippen LogP contribution is -2.23. The molecule has 1 aromatic rings. The third kappa shape index (κ3) is 1.84. The first-order chi connectivity index (χ1) is 7.72. The van der Waals surface area contributed by atoms with Crippen LogP contribution in [0.3, 0.4) is 0 Å². The van der Waals surface area contributed by atoms with E-state index in [-0.39, 0.29) is 6.09 Å². The number of esters is 1. The molecule has 0 aliphatic carbocycles. The van der Waals surface area contributed by atoms with Crippen molar-refractivity contribution in [3.8, 4) is 0 Å². The number of hydrogen-bond acceptors (Lipinski definition) is 4. The van der Waals surface area contributed by atoms with Gasteiger partial charge in [0.15, 0.2) is 0 Å². The highest BCUT2D eigenvalue weighted by molar-refractivity contribution is 5.92. The van der Waals surface area contributed by atoms with Crippen molar-refractivity contribution in [3.63, 3.8) is 0 Å². The number of rotatable bonds is 2. The monoisotopic (exact) mass is 221 g/mol. The van der Waals surface area contributed by atoms with Crippen LogP contribution in [0.25, 0.3) is 0 Å². The third-order valence-corrected chi connectivity index (χ3v) is 2.36. The topological polar surface area (TPSA) is 55.8 Å². The van der Waals surface area contributed by atoms with Crippen molar-refractivity contribution >= 4 is 17.7 Å². The SMILES string of the molecule is COC(=O)c1ccc(N2CCOC2=O)cc1. The van der Waals surface area contributed by atoms with Crippen molar-refractivity contribution in [1.82, 2.24) is 0 Å². The van der Waals surface area contributed by atoms with Crippen LogP contribution in [0.2, 0.25) is 0 Å². The van der Waals surface area contributed by atoms with Crippen molar-refractivity contribution < 1.29 is 19.1 Å². The summed E-state index contributed by atoms with van der Waals surface area (Å²) in [5.74, 6) is -0.393. The van der Waals surface area contributed by atoms with Gasteiger partial charge in [-0.15, -0.1) is 0 Å². The molecule has 1 heterocycles. The summed E-state index contributed by atoms with van der Waals surface area (Å²) in [6.07, 6.45) is -0.356. The van der Waals surface area contributed by atoms with Gasteiger partial charge in [-0.3, -0.25) is 4.90 Å². The molecule has 0 atom stereocenters. The van der Waals surface area contributed by atoms with Crippen molar-refractivity contribution in [2.45, 2.75) is 0 Å². The summed E-state index contributed by atoms with van der Waals surface area (Å²) in [5.41, 5.74) is 1.17. The average Bonchev–Trinajstić information content (AvgIpc) is 2.75. The lowest BCUT2D eigenvalue weighted by Gasteiger charge is -2.12. The van der Waals surface area contributed by atoms with Crippen LogP contribution in [0.1, 0.15) is 10.4 Å². The predicted molar refractivity (Wildman–Crippen MR) is 56.5 cm³/mol. The van der Waals surface area contributed by atoms with Crippen LogP contribution in [0.4, 0.5) is 10.5 Å².